The number of rotatable bonds is 2. The van der Waals surface area contributed by atoms with Crippen LogP contribution in [0.3, 0.4) is 0 Å². The lowest BCUT2D eigenvalue weighted by atomic mass is 9.46. The van der Waals surface area contributed by atoms with Crippen molar-refractivity contribution in [3.8, 4) is 0 Å². The van der Waals surface area contributed by atoms with Gasteiger partial charge < -0.3 is 10.5 Å². The first-order valence-corrected chi connectivity index (χ1v) is 11.9. The normalized spacial score (nSPS) is 45.9. The number of carbonyl (C=O) groups excluding carboxylic acids is 1. The van der Waals surface area contributed by atoms with Crippen LogP contribution in [0.4, 0.5) is 9.18 Å². The number of halogens is 2. The number of hydrogen-bond donors (Lipinski definition) is 1. The van der Waals surface area contributed by atoms with Crippen LogP contribution in [0, 0.1) is 29.0 Å². The number of benzene rings is 2. The maximum absolute atomic E-state index is 13.6. The van der Waals surface area contributed by atoms with Crippen LogP contribution < -0.4 is 5.73 Å². The zero-order valence-corrected chi connectivity index (χ0v) is 18.7. The van der Waals surface area contributed by atoms with Crippen molar-refractivity contribution in [1.29, 1.82) is 0 Å². The third-order valence-electron chi connectivity index (χ3n) is 9.06. The Hall–Kier alpha value is -1.67. The van der Waals surface area contributed by atoms with Gasteiger partial charge in [0, 0.05) is 33.3 Å². The summed E-state index contributed by atoms with van der Waals surface area (Å²) in [7, 11) is 0. The number of nitrogens with zero attached hydrogens (tertiary/aromatic N) is 1. The fraction of sp³-hybridized carbons (Fsp3) is 0.458. The van der Waals surface area contributed by atoms with Crippen molar-refractivity contribution in [2.45, 2.75) is 34.5 Å². The van der Waals surface area contributed by atoms with Gasteiger partial charge in [-0.05, 0) is 41.2 Å². The van der Waals surface area contributed by atoms with E-state index < -0.39 is 0 Å². The predicted molar refractivity (Wildman–Crippen MR) is 118 cm³/mol. The van der Waals surface area contributed by atoms with Crippen molar-refractivity contribution in [3.05, 3.63) is 71.0 Å². The van der Waals surface area contributed by atoms with Crippen LogP contribution in [-0.4, -0.2) is 32.6 Å². The quantitative estimate of drug-likeness (QED) is 0.484. The summed E-state index contributed by atoms with van der Waals surface area (Å²) in [5, 5.41) is 0. The van der Waals surface area contributed by atoms with E-state index in [0.717, 1.165) is 17.5 Å². The Morgan fingerprint density at radius 3 is 2.63 bits per heavy atom. The summed E-state index contributed by atoms with van der Waals surface area (Å²) in [6.07, 6.45) is 0.537. The lowest BCUT2D eigenvalue weighted by molar-refractivity contribution is -0.0922. The van der Waals surface area contributed by atoms with E-state index in [1.807, 2.05) is 17.0 Å². The highest BCUT2D eigenvalue weighted by atomic mass is 127. The molecule has 0 aromatic heterocycles. The minimum atomic E-state index is -0.325. The smallest absolute Gasteiger partial charge is 0.411 e. The van der Waals surface area contributed by atoms with Crippen LogP contribution in [0.2, 0.25) is 0 Å². The van der Waals surface area contributed by atoms with Gasteiger partial charge in [0.05, 0.1) is 6.04 Å². The first-order chi connectivity index (χ1) is 14.4. The van der Waals surface area contributed by atoms with Crippen molar-refractivity contribution in [2.75, 3.05) is 6.54 Å². The Kier molecular flexibility index (Phi) is 3.12. The molecule has 1 aliphatic heterocycles. The Morgan fingerprint density at radius 1 is 1.20 bits per heavy atom. The first kappa shape index (κ1) is 18.0. The molecule has 0 bridgehead atoms. The van der Waals surface area contributed by atoms with Gasteiger partial charge in [0.25, 0.3) is 0 Å². The topological polar surface area (TPSA) is 55.6 Å². The highest BCUT2D eigenvalue weighted by molar-refractivity contribution is 14.1. The lowest BCUT2D eigenvalue weighted by Gasteiger charge is -2.64. The summed E-state index contributed by atoms with van der Waals surface area (Å²) in [6.45, 7) is 2.80. The number of alkyl halides is 1. The monoisotopic (exact) mass is 516 g/mol. The molecule has 2 aromatic rings. The molecular formula is C24H22FIN2O2. The average molecular weight is 516 g/mol. The third-order valence-corrected chi connectivity index (χ3v) is 10.8. The molecular weight excluding hydrogens is 494 g/mol. The van der Waals surface area contributed by atoms with Crippen molar-refractivity contribution in [2.24, 2.45) is 28.9 Å². The predicted octanol–water partition coefficient (Wildman–Crippen LogP) is 4.06. The second-order valence-corrected chi connectivity index (χ2v) is 11.0. The fourth-order valence-electron chi connectivity index (χ4n) is 7.82. The van der Waals surface area contributed by atoms with Crippen LogP contribution >= 0.6 is 22.6 Å². The standard InChI is InChI=1S/C24H22FIN2O2/c1-12-18-22-19(20(26)23(12,22)27)24(18,22)30-21(29)28-11-10-13-4-2-3-5-16(13)17(28)14-6-8-15(25)9-7-14/h2-9,12,17-20H,10-11,27H2,1H3/t12?,17-,18?,19?,20?,22?,23?,24?/m0/s1. The van der Waals surface area contributed by atoms with E-state index in [-0.39, 0.29) is 34.5 Å². The summed E-state index contributed by atoms with van der Waals surface area (Å²) in [5.74, 6) is 1.01. The van der Waals surface area contributed by atoms with Crippen LogP contribution in [0.25, 0.3) is 0 Å². The number of carbonyl (C=O) groups is 1. The summed E-state index contributed by atoms with van der Waals surface area (Å²) in [5.41, 5.74) is 9.53. The summed E-state index contributed by atoms with van der Waals surface area (Å²) in [4.78, 5) is 15.4. The summed E-state index contributed by atoms with van der Waals surface area (Å²) >= 11 is 2.46. The molecule has 4 nitrogen and oxygen atoms in total. The van der Waals surface area contributed by atoms with E-state index in [1.54, 1.807) is 12.1 Å². The van der Waals surface area contributed by atoms with Crippen molar-refractivity contribution < 1.29 is 13.9 Å². The van der Waals surface area contributed by atoms with Crippen LogP contribution in [0.5, 0.6) is 0 Å². The molecule has 7 unspecified atom stereocenters. The molecule has 0 radical (unpaired) electrons. The van der Waals surface area contributed by atoms with E-state index in [2.05, 4.69) is 41.6 Å². The van der Waals surface area contributed by atoms with Gasteiger partial charge in [0.15, 0.2) is 0 Å². The Balaban J connectivity index is 1.23. The number of hydrogen-bond acceptors (Lipinski definition) is 3. The highest BCUT2D eigenvalue weighted by Crippen LogP contribution is 3.09. The zero-order chi connectivity index (χ0) is 20.6. The van der Waals surface area contributed by atoms with Gasteiger partial charge in [-0.1, -0.05) is 65.9 Å². The SMILES string of the molecule is CC1C2C3(OC(=O)N4CCc5ccccc5[C@@H]4c4ccc(F)cc4)C4C(I)C1(N)C243. The fourth-order valence-corrected chi connectivity index (χ4v) is 10.0. The van der Waals surface area contributed by atoms with Crippen molar-refractivity contribution >= 4 is 28.7 Å². The minimum Gasteiger partial charge on any atom is -0.441 e. The number of fused-ring (bicyclic) bond motifs is 3. The van der Waals surface area contributed by atoms with Crippen LogP contribution in [0.15, 0.2) is 48.5 Å². The minimum absolute atomic E-state index is 0.0694. The summed E-state index contributed by atoms with van der Waals surface area (Å²) in [6, 6.07) is 14.4. The van der Waals surface area contributed by atoms with Gasteiger partial charge in [0.2, 0.25) is 0 Å². The maximum Gasteiger partial charge on any atom is 0.411 e. The molecule has 1 heterocycles. The Morgan fingerprint density at radius 2 is 1.93 bits per heavy atom. The van der Waals surface area contributed by atoms with Crippen LogP contribution in [0.1, 0.15) is 29.7 Å². The zero-order valence-electron chi connectivity index (χ0n) is 16.5. The lowest BCUT2D eigenvalue weighted by Crippen LogP contribution is -2.78. The van der Waals surface area contributed by atoms with Gasteiger partial charge in [-0.3, -0.25) is 4.90 Å². The average Bonchev–Trinajstić information content (AvgIpc) is 3.55. The van der Waals surface area contributed by atoms with Gasteiger partial charge in [-0.25, -0.2) is 9.18 Å². The Bertz CT molecular complexity index is 1100. The molecule has 2 N–H and O–H groups in total. The molecule has 0 saturated heterocycles. The maximum atomic E-state index is 13.6. The van der Waals surface area contributed by atoms with Gasteiger partial charge in [-0.15, -0.1) is 0 Å². The second-order valence-electron chi connectivity index (χ2n) is 9.71. The Labute approximate surface area is 188 Å². The largest absolute Gasteiger partial charge is 0.441 e. The number of amides is 1. The van der Waals surface area contributed by atoms with Gasteiger partial charge >= 0.3 is 6.09 Å². The molecule has 4 fully saturated rings. The molecule has 7 rings (SSSR count). The van der Waals surface area contributed by atoms with Gasteiger partial charge in [0.1, 0.15) is 11.4 Å². The molecule has 8 atom stereocenters. The van der Waals surface area contributed by atoms with Crippen LogP contribution in [-0.2, 0) is 11.2 Å². The second kappa shape index (κ2) is 5.21. The van der Waals surface area contributed by atoms with Crippen molar-refractivity contribution in [3.63, 3.8) is 0 Å². The third kappa shape index (κ3) is 1.58. The summed E-state index contributed by atoms with van der Waals surface area (Å²) < 4.78 is 20.3. The van der Waals surface area contributed by atoms with E-state index in [1.165, 1.54) is 17.7 Å². The van der Waals surface area contributed by atoms with E-state index in [4.69, 9.17) is 10.5 Å². The molecule has 30 heavy (non-hydrogen) atoms. The molecule has 5 aliphatic rings. The first-order valence-electron chi connectivity index (χ1n) is 10.7. The van der Waals surface area contributed by atoms with Gasteiger partial charge in [-0.2, -0.15) is 0 Å². The number of nitrogens with two attached hydrogens (primary N) is 1. The van der Waals surface area contributed by atoms with E-state index in [0.29, 0.717) is 28.2 Å². The van der Waals surface area contributed by atoms with Crippen molar-refractivity contribution in [1.82, 2.24) is 4.90 Å². The molecule has 4 saturated carbocycles. The highest BCUT2D eigenvalue weighted by Gasteiger charge is 3.20. The molecule has 1 amide bonds. The molecule has 4 aliphatic carbocycles. The molecule has 2 aromatic carbocycles. The molecule has 154 valence electrons. The molecule has 1 spiro atoms. The van der Waals surface area contributed by atoms with E-state index in [9.17, 15) is 9.18 Å². The molecule has 6 heteroatoms. The number of ether oxygens (including phenoxy) is 1. The van der Waals surface area contributed by atoms with E-state index >= 15 is 0 Å².